The van der Waals surface area contributed by atoms with E-state index in [2.05, 4.69) is 6.58 Å². The molecule has 0 bridgehead atoms. The average Bonchev–Trinajstić information content (AvgIpc) is 2.65. The van der Waals surface area contributed by atoms with E-state index < -0.39 is 5.97 Å². The Bertz CT molecular complexity index is 878. The highest BCUT2D eigenvalue weighted by molar-refractivity contribution is 5.98. The Morgan fingerprint density at radius 2 is 1.85 bits per heavy atom. The fourth-order valence-corrected chi connectivity index (χ4v) is 2.87. The van der Waals surface area contributed by atoms with E-state index in [-0.39, 0.29) is 11.3 Å². The largest absolute Gasteiger partial charge is 0.507 e. The highest BCUT2D eigenvalue weighted by Crippen LogP contribution is 2.37. The Morgan fingerprint density at radius 3 is 2.44 bits per heavy atom. The van der Waals surface area contributed by atoms with E-state index >= 15 is 0 Å². The zero-order valence-electron chi connectivity index (χ0n) is 16.3. The van der Waals surface area contributed by atoms with Gasteiger partial charge in [-0.05, 0) is 49.4 Å². The van der Waals surface area contributed by atoms with Crippen LogP contribution in [0.4, 0.5) is 0 Å². The molecule has 0 fully saturated rings. The maximum atomic E-state index is 12.3. The minimum absolute atomic E-state index is 0.105. The molecule has 2 rings (SSSR count). The summed E-state index contributed by atoms with van der Waals surface area (Å²) in [6.45, 7) is 7.83. The molecule has 0 amide bonds. The molecule has 0 saturated carbocycles. The lowest BCUT2D eigenvalue weighted by molar-refractivity contribution is 0.0597. The number of benzene rings is 2. The number of esters is 1. The molecule has 0 heterocycles. The molecule has 0 unspecified atom stereocenters. The van der Waals surface area contributed by atoms with Gasteiger partial charge in [0.2, 0.25) is 0 Å². The predicted octanol–water partition coefficient (Wildman–Crippen LogP) is 5.17. The van der Waals surface area contributed by atoms with E-state index in [1.807, 2.05) is 44.2 Å². The van der Waals surface area contributed by atoms with Crippen molar-refractivity contribution in [3.05, 3.63) is 70.3 Å². The zero-order valence-corrected chi connectivity index (χ0v) is 16.3. The molecule has 4 nitrogen and oxygen atoms in total. The number of hydrogen-bond acceptors (Lipinski definition) is 4. The molecule has 4 heteroatoms. The summed E-state index contributed by atoms with van der Waals surface area (Å²) in [5.41, 5.74) is 4.38. The summed E-state index contributed by atoms with van der Waals surface area (Å²) in [6, 6.07) is 9.68. The van der Waals surface area contributed by atoms with Crippen LogP contribution in [0.15, 0.2) is 42.5 Å². The van der Waals surface area contributed by atoms with E-state index in [9.17, 15) is 9.90 Å². The van der Waals surface area contributed by atoms with Gasteiger partial charge >= 0.3 is 5.97 Å². The maximum absolute atomic E-state index is 12.3. The Hall–Kier alpha value is -3.01. The Labute approximate surface area is 160 Å². The van der Waals surface area contributed by atoms with Crippen molar-refractivity contribution < 1.29 is 19.4 Å². The smallest absolute Gasteiger partial charge is 0.342 e. The van der Waals surface area contributed by atoms with Crippen LogP contribution in [0.5, 0.6) is 11.5 Å². The van der Waals surface area contributed by atoms with Crippen molar-refractivity contribution in [1.29, 1.82) is 0 Å². The van der Waals surface area contributed by atoms with Crippen LogP contribution in [0.25, 0.3) is 12.2 Å². The number of allylic oxidation sites excluding steroid dienone is 1. The number of phenolic OH excluding ortho intramolecular Hbond substituents is 1. The molecule has 0 atom stereocenters. The highest BCUT2D eigenvalue weighted by Gasteiger charge is 2.22. The number of ether oxygens (including phenoxy) is 2. The molecular formula is C23H26O4. The molecular weight excluding hydrogens is 340 g/mol. The normalized spacial score (nSPS) is 10.8. The van der Waals surface area contributed by atoms with Crippen molar-refractivity contribution in [3.8, 4) is 11.5 Å². The number of carbonyl (C=O) groups is 1. The predicted molar refractivity (Wildman–Crippen MR) is 109 cm³/mol. The van der Waals surface area contributed by atoms with Gasteiger partial charge in [-0.15, -0.1) is 6.58 Å². The van der Waals surface area contributed by atoms with Crippen molar-refractivity contribution in [2.75, 3.05) is 14.2 Å². The van der Waals surface area contributed by atoms with Crippen LogP contribution in [0.2, 0.25) is 0 Å². The second-order valence-electron chi connectivity index (χ2n) is 6.51. The van der Waals surface area contributed by atoms with Gasteiger partial charge in [0, 0.05) is 5.56 Å². The van der Waals surface area contributed by atoms with Gasteiger partial charge in [-0.3, -0.25) is 0 Å². The summed E-state index contributed by atoms with van der Waals surface area (Å²) in [6.07, 6.45) is 4.90. The molecule has 0 aromatic heterocycles. The minimum Gasteiger partial charge on any atom is -0.507 e. The number of aryl methyl sites for hydroxylation is 1. The first kappa shape index (κ1) is 20.3. The lowest BCUT2D eigenvalue weighted by atomic mass is 9.96. The second-order valence-corrected chi connectivity index (χ2v) is 6.51. The molecule has 0 saturated heterocycles. The number of carbonyl (C=O) groups excluding carboxylic acids is 1. The lowest BCUT2D eigenvalue weighted by Crippen LogP contribution is -2.07. The molecule has 0 aliphatic rings. The molecule has 0 spiro atoms. The van der Waals surface area contributed by atoms with Crippen molar-refractivity contribution in [2.45, 2.75) is 26.7 Å². The third-order valence-corrected chi connectivity index (χ3v) is 4.44. The van der Waals surface area contributed by atoms with E-state index in [0.29, 0.717) is 29.7 Å². The quantitative estimate of drug-likeness (QED) is 0.417. The number of aromatic hydroxyl groups is 1. The number of hydrogen-bond donors (Lipinski definition) is 1. The molecule has 2 aromatic carbocycles. The van der Waals surface area contributed by atoms with Crippen LogP contribution >= 0.6 is 0 Å². The van der Waals surface area contributed by atoms with E-state index in [0.717, 1.165) is 16.7 Å². The third-order valence-electron chi connectivity index (χ3n) is 4.44. The van der Waals surface area contributed by atoms with Crippen LogP contribution in [0.3, 0.4) is 0 Å². The topological polar surface area (TPSA) is 55.8 Å². The average molecular weight is 366 g/mol. The number of phenols is 1. The molecule has 0 aliphatic carbocycles. The lowest BCUT2D eigenvalue weighted by Gasteiger charge is -2.16. The molecule has 1 N–H and O–H groups in total. The van der Waals surface area contributed by atoms with Gasteiger partial charge in [0.25, 0.3) is 0 Å². The summed E-state index contributed by atoms with van der Waals surface area (Å²) in [5.74, 6) is -0.158. The van der Waals surface area contributed by atoms with E-state index in [1.165, 1.54) is 7.11 Å². The van der Waals surface area contributed by atoms with Gasteiger partial charge in [-0.2, -0.15) is 0 Å². The molecule has 0 radical (unpaired) electrons. The fourth-order valence-electron chi connectivity index (χ4n) is 2.87. The fraction of sp³-hybridized carbons (Fsp3) is 0.261. The van der Waals surface area contributed by atoms with Crippen molar-refractivity contribution in [1.82, 2.24) is 0 Å². The Morgan fingerprint density at radius 1 is 1.19 bits per heavy atom. The van der Waals surface area contributed by atoms with Gasteiger partial charge < -0.3 is 14.6 Å². The van der Waals surface area contributed by atoms with Crippen LogP contribution < -0.4 is 4.74 Å². The highest BCUT2D eigenvalue weighted by atomic mass is 16.5. The van der Waals surface area contributed by atoms with Gasteiger partial charge in [0.1, 0.15) is 17.1 Å². The first-order chi connectivity index (χ1) is 12.9. The van der Waals surface area contributed by atoms with E-state index in [4.69, 9.17) is 9.47 Å². The van der Waals surface area contributed by atoms with Crippen molar-refractivity contribution in [3.63, 3.8) is 0 Å². The summed E-state index contributed by atoms with van der Waals surface area (Å²) < 4.78 is 10.4. The van der Waals surface area contributed by atoms with Crippen molar-refractivity contribution in [2.24, 2.45) is 0 Å². The minimum atomic E-state index is -0.587. The summed E-state index contributed by atoms with van der Waals surface area (Å²) >= 11 is 0. The van der Waals surface area contributed by atoms with Gasteiger partial charge in [0.05, 0.1) is 14.2 Å². The summed E-state index contributed by atoms with van der Waals surface area (Å²) in [5, 5.41) is 10.8. The maximum Gasteiger partial charge on any atom is 0.342 e. The van der Waals surface area contributed by atoms with Crippen LogP contribution in [-0.4, -0.2) is 25.3 Å². The number of methoxy groups -OCH3 is 2. The number of rotatable bonds is 7. The molecule has 2 aromatic rings. The zero-order chi connectivity index (χ0) is 20.0. The second kappa shape index (κ2) is 9.08. The first-order valence-corrected chi connectivity index (χ1v) is 8.78. The van der Waals surface area contributed by atoms with Gasteiger partial charge in [-0.1, -0.05) is 42.0 Å². The van der Waals surface area contributed by atoms with Crippen LogP contribution in [0, 0.1) is 6.92 Å². The van der Waals surface area contributed by atoms with Crippen LogP contribution in [0.1, 0.15) is 46.0 Å². The SMILES string of the molecule is C=C(C)CCc1c(OC)cc(/C=C/c2ccccc2C)c(C(=O)OC)c1O. The standard InChI is InChI=1S/C23H26O4/c1-15(2)10-13-19-20(26-4)14-18(21(22(19)24)23(25)27-5)12-11-17-9-7-6-8-16(17)3/h6-9,11-12,14,24H,1,10,13H2,2-5H3/b12-11+. The Kier molecular flexibility index (Phi) is 6.83. The molecule has 27 heavy (non-hydrogen) atoms. The van der Waals surface area contributed by atoms with E-state index in [1.54, 1.807) is 19.3 Å². The summed E-state index contributed by atoms with van der Waals surface area (Å²) in [7, 11) is 2.85. The van der Waals surface area contributed by atoms with Gasteiger partial charge in [-0.25, -0.2) is 4.79 Å². The monoisotopic (exact) mass is 366 g/mol. The van der Waals surface area contributed by atoms with Crippen LogP contribution in [-0.2, 0) is 11.2 Å². The molecule has 0 aliphatic heterocycles. The first-order valence-electron chi connectivity index (χ1n) is 8.78. The Balaban J connectivity index is 2.58. The molecule has 142 valence electrons. The summed E-state index contributed by atoms with van der Waals surface area (Å²) in [4.78, 5) is 12.3. The van der Waals surface area contributed by atoms with Crippen molar-refractivity contribution >= 4 is 18.1 Å². The van der Waals surface area contributed by atoms with Gasteiger partial charge in [0.15, 0.2) is 0 Å². The third kappa shape index (κ3) is 4.79.